The number of carbonyl (C=O) groups is 1. The first-order chi connectivity index (χ1) is 9.76. The summed E-state index contributed by atoms with van der Waals surface area (Å²) in [5.74, 6) is 1.53. The van der Waals surface area contributed by atoms with Crippen LogP contribution in [-0.4, -0.2) is 36.5 Å². The van der Waals surface area contributed by atoms with Gasteiger partial charge in [0.05, 0.1) is 0 Å². The van der Waals surface area contributed by atoms with E-state index < -0.39 is 5.60 Å². The van der Waals surface area contributed by atoms with Crippen LogP contribution >= 0.6 is 0 Å². The molecule has 0 N–H and O–H groups in total. The number of hydrogen-bond donors (Lipinski definition) is 0. The van der Waals surface area contributed by atoms with Gasteiger partial charge in [-0.3, -0.25) is 0 Å². The van der Waals surface area contributed by atoms with Gasteiger partial charge in [-0.05, 0) is 51.8 Å². The van der Waals surface area contributed by atoms with Crippen molar-refractivity contribution >= 4 is 6.09 Å². The summed E-state index contributed by atoms with van der Waals surface area (Å²) in [7, 11) is 1.76. The van der Waals surface area contributed by atoms with E-state index >= 15 is 0 Å². The van der Waals surface area contributed by atoms with Gasteiger partial charge in [-0.1, -0.05) is 6.07 Å². The zero-order chi connectivity index (χ0) is 15.6. The maximum atomic E-state index is 12.0. The van der Waals surface area contributed by atoms with Gasteiger partial charge in [-0.25, -0.2) is 4.79 Å². The number of hydrogen-bond acceptors (Lipinski definition) is 4. The summed E-state index contributed by atoms with van der Waals surface area (Å²) >= 11 is 0. The lowest BCUT2D eigenvalue weighted by atomic mass is 10.1. The molecule has 0 spiro atoms. The second-order valence-corrected chi connectivity index (χ2v) is 6.33. The fourth-order valence-electron chi connectivity index (χ4n) is 2.06. The fraction of sp³-hybridized carbons (Fsp3) is 0.562. The van der Waals surface area contributed by atoms with Crippen molar-refractivity contribution in [2.45, 2.75) is 45.8 Å². The van der Waals surface area contributed by atoms with Crippen LogP contribution < -0.4 is 9.47 Å². The van der Waals surface area contributed by atoms with Crippen LogP contribution in [-0.2, 0) is 11.2 Å². The molecule has 5 nitrogen and oxygen atoms in total. The lowest BCUT2D eigenvalue weighted by Gasteiger charge is -2.28. The highest BCUT2D eigenvalue weighted by molar-refractivity contribution is 5.68. The Bertz CT molecular complexity index is 521. The van der Waals surface area contributed by atoms with Crippen molar-refractivity contribution in [1.29, 1.82) is 0 Å². The van der Waals surface area contributed by atoms with Crippen molar-refractivity contribution in [3.05, 3.63) is 23.8 Å². The molecular formula is C16H23NO4. The molecule has 0 radical (unpaired) electrons. The topological polar surface area (TPSA) is 48.0 Å². The number of nitrogens with zero attached hydrogens (tertiary/aromatic N) is 1. The Kier molecular flexibility index (Phi) is 4.30. The van der Waals surface area contributed by atoms with E-state index in [4.69, 9.17) is 14.2 Å². The Balaban J connectivity index is 1.97. The van der Waals surface area contributed by atoms with E-state index in [-0.39, 0.29) is 18.9 Å². The summed E-state index contributed by atoms with van der Waals surface area (Å²) in [6.45, 7) is 7.85. The summed E-state index contributed by atoms with van der Waals surface area (Å²) in [5, 5.41) is 0. The number of fused-ring (bicyclic) bond motifs is 1. The zero-order valence-corrected chi connectivity index (χ0v) is 13.3. The molecule has 0 fully saturated rings. The van der Waals surface area contributed by atoms with Crippen molar-refractivity contribution in [2.75, 3.05) is 13.8 Å². The Morgan fingerprint density at radius 2 is 2.00 bits per heavy atom. The van der Waals surface area contributed by atoms with Gasteiger partial charge in [0.1, 0.15) is 5.60 Å². The number of benzene rings is 1. The molecule has 1 aromatic rings. The summed E-state index contributed by atoms with van der Waals surface area (Å²) < 4.78 is 16.0. The van der Waals surface area contributed by atoms with Gasteiger partial charge in [-0.15, -0.1) is 0 Å². The third-order valence-corrected chi connectivity index (χ3v) is 3.31. The smallest absolute Gasteiger partial charge is 0.410 e. The quantitative estimate of drug-likeness (QED) is 0.858. The molecular weight excluding hydrogens is 270 g/mol. The minimum absolute atomic E-state index is 0.0280. The molecule has 21 heavy (non-hydrogen) atoms. The summed E-state index contributed by atoms with van der Waals surface area (Å²) in [5.41, 5.74) is 0.617. The molecule has 1 aliphatic rings. The molecule has 116 valence electrons. The highest BCUT2D eigenvalue weighted by atomic mass is 16.7. The van der Waals surface area contributed by atoms with Gasteiger partial charge in [0.25, 0.3) is 0 Å². The second-order valence-electron chi connectivity index (χ2n) is 6.33. The van der Waals surface area contributed by atoms with Crippen LogP contribution in [0.2, 0.25) is 0 Å². The highest BCUT2D eigenvalue weighted by Gasteiger charge is 2.23. The van der Waals surface area contributed by atoms with Crippen molar-refractivity contribution < 1.29 is 19.0 Å². The van der Waals surface area contributed by atoms with E-state index in [1.54, 1.807) is 11.9 Å². The molecule has 0 aromatic heterocycles. The van der Waals surface area contributed by atoms with Crippen LogP contribution in [0, 0.1) is 0 Å². The van der Waals surface area contributed by atoms with Crippen LogP contribution in [0.15, 0.2) is 18.2 Å². The minimum Gasteiger partial charge on any atom is -0.454 e. The van der Waals surface area contributed by atoms with Gasteiger partial charge < -0.3 is 19.1 Å². The number of rotatable bonds is 3. The first-order valence-corrected chi connectivity index (χ1v) is 7.10. The van der Waals surface area contributed by atoms with Gasteiger partial charge in [-0.2, -0.15) is 0 Å². The molecule has 5 heteroatoms. The largest absolute Gasteiger partial charge is 0.454 e. The Hall–Kier alpha value is -1.91. The molecule has 1 heterocycles. The predicted octanol–water partition coefficient (Wildman–Crippen LogP) is 3.21. The van der Waals surface area contributed by atoms with Crippen LogP contribution in [0.25, 0.3) is 0 Å². The zero-order valence-electron chi connectivity index (χ0n) is 13.3. The maximum absolute atomic E-state index is 12.0. The number of amides is 1. The van der Waals surface area contributed by atoms with Crippen LogP contribution in [0.5, 0.6) is 11.5 Å². The third-order valence-electron chi connectivity index (χ3n) is 3.31. The summed E-state index contributed by atoms with van der Waals surface area (Å²) in [6, 6.07) is 5.88. The van der Waals surface area contributed by atoms with Gasteiger partial charge in [0, 0.05) is 13.1 Å². The van der Waals surface area contributed by atoms with Crippen molar-refractivity contribution in [3.8, 4) is 11.5 Å². The van der Waals surface area contributed by atoms with Gasteiger partial charge >= 0.3 is 6.09 Å². The molecule has 0 saturated carbocycles. The van der Waals surface area contributed by atoms with Crippen molar-refractivity contribution in [3.63, 3.8) is 0 Å². The molecule has 0 saturated heterocycles. The SMILES string of the molecule is CC(Cc1ccc2c(c1)OCO2)N(C)C(=O)OC(C)(C)C. The number of likely N-dealkylation sites (N-methyl/N-ethyl adjacent to an activating group) is 1. The molecule has 1 amide bonds. The average Bonchev–Trinajstić information content (AvgIpc) is 2.83. The summed E-state index contributed by atoms with van der Waals surface area (Å²) in [6.07, 6.45) is 0.419. The number of carbonyl (C=O) groups excluding carboxylic acids is 1. The monoisotopic (exact) mass is 293 g/mol. The molecule has 2 rings (SSSR count). The van der Waals surface area contributed by atoms with Gasteiger partial charge in [0.15, 0.2) is 11.5 Å². The first kappa shape index (κ1) is 15.5. The third kappa shape index (κ3) is 4.03. The van der Waals surface area contributed by atoms with Crippen molar-refractivity contribution in [2.24, 2.45) is 0 Å². The second kappa shape index (κ2) is 5.84. The molecule has 1 unspecified atom stereocenters. The number of ether oxygens (including phenoxy) is 3. The van der Waals surface area contributed by atoms with Gasteiger partial charge in [0.2, 0.25) is 6.79 Å². The average molecular weight is 293 g/mol. The van der Waals surface area contributed by atoms with E-state index in [0.29, 0.717) is 0 Å². The predicted molar refractivity (Wildman–Crippen MR) is 79.7 cm³/mol. The van der Waals surface area contributed by atoms with E-state index in [9.17, 15) is 4.79 Å². The standard InChI is InChI=1S/C16H23NO4/c1-11(17(5)15(18)21-16(2,3)4)8-12-6-7-13-14(9-12)20-10-19-13/h6-7,9,11H,8,10H2,1-5H3. The van der Waals surface area contributed by atoms with Crippen LogP contribution in [0.1, 0.15) is 33.3 Å². The van der Waals surface area contributed by atoms with E-state index in [1.807, 2.05) is 45.9 Å². The minimum atomic E-state index is -0.482. The Morgan fingerprint density at radius 3 is 2.67 bits per heavy atom. The lowest BCUT2D eigenvalue weighted by Crippen LogP contribution is -2.40. The molecule has 1 aromatic carbocycles. The Morgan fingerprint density at radius 1 is 1.33 bits per heavy atom. The molecule has 1 aliphatic heterocycles. The Labute approximate surface area is 125 Å². The van der Waals surface area contributed by atoms with E-state index in [1.165, 1.54) is 0 Å². The molecule has 1 atom stereocenters. The normalized spacial score (nSPS) is 14.7. The molecule has 0 aliphatic carbocycles. The van der Waals surface area contributed by atoms with E-state index in [2.05, 4.69) is 0 Å². The van der Waals surface area contributed by atoms with Crippen LogP contribution in [0.4, 0.5) is 4.79 Å². The maximum Gasteiger partial charge on any atom is 0.410 e. The van der Waals surface area contributed by atoms with E-state index in [0.717, 1.165) is 23.5 Å². The fourth-order valence-corrected chi connectivity index (χ4v) is 2.06. The van der Waals surface area contributed by atoms with Crippen molar-refractivity contribution in [1.82, 2.24) is 4.90 Å². The molecule has 0 bridgehead atoms. The lowest BCUT2D eigenvalue weighted by molar-refractivity contribution is 0.0236. The summed E-state index contributed by atoms with van der Waals surface area (Å²) in [4.78, 5) is 13.7. The highest BCUT2D eigenvalue weighted by Crippen LogP contribution is 2.33. The van der Waals surface area contributed by atoms with Crippen LogP contribution in [0.3, 0.4) is 0 Å². The first-order valence-electron chi connectivity index (χ1n) is 7.10.